The molecule has 0 atom stereocenters. The molecule has 13 heteroatoms. The van der Waals surface area contributed by atoms with Crippen molar-refractivity contribution < 1.29 is 0 Å². The molecular formula is C30H75N13. The van der Waals surface area contributed by atoms with Crippen molar-refractivity contribution >= 4 is 0 Å². The zero-order valence-corrected chi connectivity index (χ0v) is 28.7. The van der Waals surface area contributed by atoms with E-state index in [1.165, 1.54) is 0 Å². The van der Waals surface area contributed by atoms with Gasteiger partial charge in [0.25, 0.3) is 0 Å². The first kappa shape index (κ1) is 42.5. The molecule has 0 aromatic carbocycles. The minimum Gasteiger partial charge on any atom is -0.330 e. The number of nitrogens with one attached hydrogen (secondary N) is 3. The maximum Gasteiger partial charge on any atom is 0.0110 e. The Balaban J connectivity index is 5.03. The van der Waals surface area contributed by atoms with Crippen molar-refractivity contribution in [1.29, 1.82) is 0 Å². The molecule has 43 heavy (non-hydrogen) atoms. The number of hydrogen-bond acceptors (Lipinski definition) is 13. The summed E-state index contributed by atoms with van der Waals surface area (Å²) in [6.45, 7) is 29.9. The van der Waals surface area contributed by atoms with Gasteiger partial charge in [0.15, 0.2) is 0 Å². The van der Waals surface area contributed by atoms with E-state index < -0.39 is 0 Å². The molecular weight excluding hydrogens is 542 g/mol. The fourth-order valence-electron chi connectivity index (χ4n) is 4.86. The SMILES string of the molecule is CC(C)(CN)CNCCN(CCN(CCN)CCN)CCN(CCNCCN)CCNCCN(CCN)CC(C)(C)CN. The normalized spacial score (nSPS) is 13.0. The fourth-order valence-corrected chi connectivity index (χ4v) is 4.86. The first-order valence-electron chi connectivity index (χ1n) is 16.8. The number of rotatable bonds is 32. The molecule has 15 N–H and O–H groups in total. The first-order valence-corrected chi connectivity index (χ1v) is 16.8. The van der Waals surface area contributed by atoms with Crippen LogP contribution in [0.4, 0.5) is 0 Å². The third-order valence-electron chi connectivity index (χ3n) is 7.90. The molecule has 0 heterocycles. The molecule has 0 saturated carbocycles. The second kappa shape index (κ2) is 26.7. The van der Waals surface area contributed by atoms with Gasteiger partial charge in [-0.3, -0.25) is 14.7 Å². The van der Waals surface area contributed by atoms with Gasteiger partial charge in [0.05, 0.1) is 0 Å². The van der Waals surface area contributed by atoms with Gasteiger partial charge in [0.1, 0.15) is 0 Å². The molecule has 13 nitrogen and oxygen atoms in total. The first-order chi connectivity index (χ1) is 20.6. The van der Waals surface area contributed by atoms with Crippen molar-refractivity contribution in [2.24, 2.45) is 45.2 Å². The molecule has 0 amide bonds. The van der Waals surface area contributed by atoms with Crippen molar-refractivity contribution in [3.63, 3.8) is 0 Å². The van der Waals surface area contributed by atoms with Crippen LogP contribution in [0, 0.1) is 10.8 Å². The van der Waals surface area contributed by atoms with Gasteiger partial charge in [-0.2, -0.15) is 0 Å². The van der Waals surface area contributed by atoms with Gasteiger partial charge >= 0.3 is 0 Å². The molecule has 0 spiro atoms. The summed E-state index contributed by atoms with van der Waals surface area (Å²) in [6.07, 6.45) is 0. The lowest BCUT2D eigenvalue weighted by Gasteiger charge is -2.32. The zero-order valence-electron chi connectivity index (χ0n) is 28.7. The molecule has 260 valence electrons. The fraction of sp³-hybridized carbons (Fsp3) is 1.00. The van der Waals surface area contributed by atoms with Crippen LogP contribution in [0.5, 0.6) is 0 Å². The van der Waals surface area contributed by atoms with Crippen LogP contribution in [0.25, 0.3) is 0 Å². The molecule has 0 aromatic heterocycles. The second-order valence-corrected chi connectivity index (χ2v) is 13.4. The Hall–Kier alpha value is -0.520. The van der Waals surface area contributed by atoms with Crippen LogP contribution in [0.2, 0.25) is 0 Å². The maximum atomic E-state index is 5.97. The highest BCUT2D eigenvalue weighted by atomic mass is 15.2. The minimum atomic E-state index is 0.0934. The summed E-state index contributed by atoms with van der Waals surface area (Å²) in [5.41, 5.74) is 35.4. The quantitative estimate of drug-likeness (QED) is 0.0341. The van der Waals surface area contributed by atoms with Crippen LogP contribution in [0.1, 0.15) is 27.7 Å². The molecule has 0 aromatic rings. The molecule has 0 aliphatic carbocycles. The van der Waals surface area contributed by atoms with Gasteiger partial charge in [0.2, 0.25) is 0 Å². The lowest BCUT2D eigenvalue weighted by Crippen LogP contribution is -2.47. The second-order valence-electron chi connectivity index (χ2n) is 13.4. The summed E-state index contributed by atoms with van der Waals surface area (Å²) in [4.78, 5) is 9.92. The third kappa shape index (κ3) is 24.4. The minimum absolute atomic E-state index is 0.0934. The van der Waals surface area contributed by atoms with Gasteiger partial charge in [-0.25, -0.2) is 0 Å². The molecule has 0 aliphatic heterocycles. The van der Waals surface area contributed by atoms with E-state index >= 15 is 0 Å². The Kier molecular flexibility index (Phi) is 26.4. The summed E-state index contributed by atoms with van der Waals surface area (Å²) in [6, 6.07) is 0. The van der Waals surface area contributed by atoms with Gasteiger partial charge in [-0.1, -0.05) is 27.7 Å². The molecule has 0 rings (SSSR count). The van der Waals surface area contributed by atoms with E-state index in [1.54, 1.807) is 0 Å². The third-order valence-corrected chi connectivity index (χ3v) is 7.90. The molecule has 0 saturated heterocycles. The highest BCUT2D eigenvalue weighted by Crippen LogP contribution is 2.14. The number of nitrogens with two attached hydrogens (primary N) is 6. The Morgan fingerprint density at radius 2 is 0.767 bits per heavy atom. The van der Waals surface area contributed by atoms with Crippen molar-refractivity contribution in [2.45, 2.75) is 27.7 Å². The largest absolute Gasteiger partial charge is 0.330 e. The monoisotopic (exact) mass is 618 g/mol. The maximum absolute atomic E-state index is 5.97. The highest BCUT2D eigenvalue weighted by Gasteiger charge is 2.20. The summed E-state index contributed by atoms with van der Waals surface area (Å²) >= 11 is 0. The average molecular weight is 618 g/mol. The van der Waals surface area contributed by atoms with Crippen LogP contribution < -0.4 is 50.4 Å². The van der Waals surface area contributed by atoms with E-state index in [1.807, 2.05) is 0 Å². The van der Waals surface area contributed by atoms with E-state index in [9.17, 15) is 0 Å². The van der Waals surface area contributed by atoms with E-state index in [0.717, 1.165) is 118 Å². The lowest BCUT2D eigenvalue weighted by atomic mass is 9.93. The molecule has 0 radical (unpaired) electrons. The van der Waals surface area contributed by atoms with Crippen LogP contribution in [-0.2, 0) is 0 Å². The van der Waals surface area contributed by atoms with Crippen molar-refractivity contribution in [3.8, 4) is 0 Å². The number of hydrogen-bond donors (Lipinski definition) is 9. The van der Waals surface area contributed by atoms with Gasteiger partial charge < -0.3 is 55.3 Å². The smallest absolute Gasteiger partial charge is 0.0110 e. The highest BCUT2D eigenvalue weighted by molar-refractivity contribution is 4.76. The Bertz CT molecular complexity index is 603. The Morgan fingerprint density at radius 3 is 1.21 bits per heavy atom. The van der Waals surface area contributed by atoms with E-state index in [-0.39, 0.29) is 10.8 Å². The topological polar surface area (TPSA) is 205 Å². The molecule has 0 bridgehead atoms. The van der Waals surface area contributed by atoms with Crippen LogP contribution >= 0.6 is 0 Å². The van der Waals surface area contributed by atoms with Crippen molar-refractivity contribution in [1.82, 2.24) is 35.6 Å². The van der Waals surface area contributed by atoms with E-state index in [0.29, 0.717) is 39.3 Å². The van der Waals surface area contributed by atoms with Gasteiger partial charge in [0, 0.05) is 144 Å². The van der Waals surface area contributed by atoms with Crippen LogP contribution in [0.15, 0.2) is 0 Å². The van der Waals surface area contributed by atoms with E-state index in [2.05, 4.69) is 63.2 Å². The number of nitrogens with zero attached hydrogens (tertiary/aromatic N) is 4. The molecule has 0 fully saturated rings. The summed E-state index contributed by atoms with van der Waals surface area (Å²) in [7, 11) is 0. The van der Waals surface area contributed by atoms with Crippen LogP contribution in [-0.4, -0.2) is 177 Å². The average Bonchev–Trinajstić information content (AvgIpc) is 2.97. The summed E-state index contributed by atoms with van der Waals surface area (Å²) < 4.78 is 0. The van der Waals surface area contributed by atoms with Gasteiger partial charge in [-0.05, 0) is 23.9 Å². The van der Waals surface area contributed by atoms with Gasteiger partial charge in [-0.15, -0.1) is 0 Å². The molecule has 0 unspecified atom stereocenters. The van der Waals surface area contributed by atoms with Crippen LogP contribution in [0.3, 0.4) is 0 Å². The predicted octanol–water partition coefficient (Wildman–Crippen LogP) is -3.23. The van der Waals surface area contributed by atoms with Crippen molar-refractivity contribution in [2.75, 3.05) is 157 Å². The van der Waals surface area contributed by atoms with E-state index in [4.69, 9.17) is 34.4 Å². The lowest BCUT2D eigenvalue weighted by molar-refractivity contribution is 0.174. The Morgan fingerprint density at radius 1 is 0.395 bits per heavy atom. The summed E-state index contributed by atoms with van der Waals surface area (Å²) in [5.74, 6) is 0. The zero-order chi connectivity index (χ0) is 32.4. The standard InChI is InChI=1S/C30H75N13/c1-29(2,25-35)27-39-13-19-42(23-21-40(14-6-32)15-7-33)24-22-41(17-10-37-9-5-31)18-11-38-12-20-43(16-8-34)28-30(3,4)26-36/h37-39H,5-28,31-36H2,1-4H3. The molecule has 0 aliphatic rings. The predicted molar refractivity (Wildman–Crippen MR) is 186 cm³/mol. The van der Waals surface area contributed by atoms with Crippen molar-refractivity contribution in [3.05, 3.63) is 0 Å². The summed E-state index contributed by atoms with van der Waals surface area (Å²) in [5, 5.41) is 10.8. The Labute approximate surface area is 265 Å².